The first-order chi connectivity index (χ1) is 10.8. The van der Waals surface area contributed by atoms with Gasteiger partial charge in [-0.15, -0.1) is 10.2 Å². The van der Waals surface area contributed by atoms with E-state index in [1.54, 1.807) is 42.7 Å². The van der Waals surface area contributed by atoms with Gasteiger partial charge in [-0.3, -0.25) is 0 Å². The van der Waals surface area contributed by atoms with E-state index in [1.165, 1.54) is 11.8 Å². The summed E-state index contributed by atoms with van der Waals surface area (Å²) in [6.45, 7) is 0.495. The third kappa shape index (κ3) is 3.48. The third-order valence-electron chi connectivity index (χ3n) is 2.70. The second kappa shape index (κ2) is 6.83. The van der Waals surface area contributed by atoms with Gasteiger partial charge < -0.3 is 13.6 Å². The van der Waals surface area contributed by atoms with Crippen molar-refractivity contribution in [3.8, 4) is 23.5 Å². The maximum absolute atomic E-state index is 8.72. The Kier molecular flexibility index (Phi) is 4.41. The highest BCUT2D eigenvalue weighted by molar-refractivity contribution is 7.99. The molecule has 7 heteroatoms. The van der Waals surface area contributed by atoms with Gasteiger partial charge in [-0.2, -0.15) is 5.26 Å². The summed E-state index contributed by atoms with van der Waals surface area (Å²) in [5.74, 6) is 2.30. The van der Waals surface area contributed by atoms with Crippen molar-refractivity contribution in [3.63, 3.8) is 0 Å². The molecule has 3 aromatic rings. The van der Waals surface area contributed by atoms with Crippen molar-refractivity contribution < 1.29 is 13.6 Å². The number of aromatic nitrogens is 2. The Labute approximate surface area is 130 Å². The van der Waals surface area contributed by atoms with Crippen LogP contribution < -0.4 is 4.74 Å². The largest absolute Gasteiger partial charge is 0.493 e. The van der Waals surface area contributed by atoms with Crippen molar-refractivity contribution >= 4 is 11.8 Å². The van der Waals surface area contributed by atoms with Crippen LogP contribution in [0, 0.1) is 11.3 Å². The maximum atomic E-state index is 8.72. The van der Waals surface area contributed by atoms with Crippen molar-refractivity contribution in [2.24, 2.45) is 0 Å². The zero-order valence-electron chi connectivity index (χ0n) is 11.4. The fourth-order valence-corrected chi connectivity index (χ4v) is 2.26. The van der Waals surface area contributed by atoms with Gasteiger partial charge in [0.05, 0.1) is 24.5 Å². The van der Waals surface area contributed by atoms with Gasteiger partial charge in [-0.05, 0) is 36.4 Å². The molecule has 0 spiro atoms. The highest BCUT2D eigenvalue weighted by atomic mass is 32.2. The summed E-state index contributed by atoms with van der Waals surface area (Å²) in [5.41, 5.74) is 0.609. The van der Waals surface area contributed by atoms with Crippen LogP contribution in [0.1, 0.15) is 5.56 Å². The van der Waals surface area contributed by atoms with Gasteiger partial charge in [0.25, 0.3) is 11.1 Å². The Hall–Kier alpha value is -2.72. The Bertz CT molecular complexity index is 760. The molecule has 0 N–H and O–H groups in total. The number of thioether (sulfide) groups is 1. The fraction of sp³-hybridized carbons (Fsp3) is 0.133. The van der Waals surface area contributed by atoms with Crippen LogP contribution in [-0.4, -0.2) is 22.6 Å². The summed E-state index contributed by atoms with van der Waals surface area (Å²) >= 11 is 1.41. The van der Waals surface area contributed by atoms with Crippen molar-refractivity contribution in [2.75, 3.05) is 12.4 Å². The van der Waals surface area contributed by atoms with Crippen LogP contribution in [0.4, 0.5) is 0 Å². The molecule has 0 aliphatic rings. The summed E-state index contributed by atoms with van der Waals surface area (Å²) in [7, 11) is 0. The molecule has 0 bridgehead atoms. The van der Waals surface area contributed by atoms with Crippen LogP contribution >= 0.6 is 11.8 Å². The van der Waals surface area contributed by atoms with Crippen LogP contribution in [-0.2, 0) is 0 Å². The Balaban J connectivity index is 1.46. The standard InChI is InChI=1S/C15H11N3O3S/c16-10-11-3-5-12(6-4-11)19-8-9-22-15-18-17-14(21-15)13-2-1-7-20-13/h1-7H,8-9H2. The molecule has 6 nitrogen and oxygen atoms in total. The lowest BCUT2D eigenvalue weighted by Crippen LogP contribution is -1.99. The van der Waals surface area contributed by atoms with E-state index in [1.807, 2.05) is 0 Å². The Morgan fingerprint density at radius 1 is 1.18 bits per heavy atom. The van der Waals surface area contributed by atoms with Crippen LogP contribution in [0.3, 0.4) is 0 Å². The molecule has 0 unspecified atom stereocenters. The van der Waals surface area contributed by atoms with Crippen LogP contribution in [0.15, 0.2) is 56.7 Å². The molecular weight excluding hydrogens is 302 g/mol. The highest BCUT2D eigenvalue weighted by Gasteiger charge is 2.10. The van der Waals surface area contributed by atoms with E-state index < -0.39 is 0 Å². The minimum absolute atomic E-state index is 0.362. The third-order valence-corrected chi connectivity index (χ3v) is 3.48. The number of furan rings is 1. The van der Waals surface area contributed by atoms with Crippen molar-refractivity contribution in [1.82, 2.24) is 10.2 Å². The molecule has 0 aliphatic heterocycles. The van der Waals surface area contributed by atoms with Gasteiger partial charge >= 0.3 is 0 Å². The summed E-state index contributed by atoms with van der Waals surface area (Å²) < 4.78 is 16.2. The first-order valence-electron chi connectivity index (χ1n) is 6.48. The summed E-state index contributed by atoms with van der Waals surface area (Å²) in [6, 6.07) is 12.6. The lowest BCUT2D eigenvalue weighted by Gasteiger charge is -2.04. The Morgan fingerprint density at radius 2 is 2.05 bits per heavy atom. The predicted molar refractivity (Wildman–Crippen MR) is 79.4 cm³/mol. The maximum Gasteiger partial charge on any atom is 0.284 e. The molecule has 2 heterocycles. The fourth-order valence-electron chi connectivity index (χ4n) is 1.68. The molecule has 0 radical (unpaired) electrons. The number of hydrogen-bond acceptors (Lipinski definition) is 7. The van der Waals surface area contributed by atoms with Crippen molar-refractivity contribution in [1.29, 1.82) is 5.26 Å². The number of nitrogens with zero attached hydrogens (tertiary/aromatic N) is 3. The average molecular weight is 313 g/mol. The van der Waals surface area contributed by atoms with Crippen LogP contribution in [0.5, 0.6) is 5.75 Å². The Morgan fingerprint density at radius 3 is 2.77 bits per heavy atom. The second-order valence-electron chi connectivity index (χ2n) is 4.18. The molecule has 0 fully saturated rings. The first-order valence-corrected chi connectivity index (χ1v) is 7.47. The van der Waals surface area contributed by atoms with Gasteiger partial charge in [-0.25, -0.2) is 0 Å². The zero-order valence-corrected chi connectivity index (χ0v) is 12.2. The highest BCUT2D eigenvalue weighted by Crippen LogP contribution is 2.23. The van der Waals surface area contributed by atoms with E-state index in [4.69, 9.17) is 18.8 Å². The van der Waals surface area contributed by atoms with Crippen LogP contribution in [0.2, 0.25) is 0 Å². The quantitative estimate of drug-likeness (QED) is 0.509. The van der Waals surface area contributed by atoms with E-state index >= 15 is 0 Å². The van der Waals surface area contributed by atoms with Gasteiger partial charge in [-0.1, -0.05) is 11.8 Å². The average Bonchev–Trinajstić information content (AvgIpc) is 3.23. The molecule has 2 aromatic heterocycles. The van der Waals surface area contributed by atoms with E-state index in [-0.39, 0.29) is 0 Å². The van der Waals surface area contributed by atoms with Crippen LogP contribution in [0.25, 0.3) is 11.7 Å². The minimum Gasteiger partial charge on any atom is -0.493 e. The van der Waals surface area contributed by atoms with Crippen molar-refractivity contribution in [3.05, 3.63) is 48.2 Å². The number of benzene rings is 1. The smallest absolute Gasteiger partial charge is 0.284 e. The summed E-state index contributed by atoms with van der Waals surface area (Å²) in [4.78, 5) is 0. The topological polar surface area (TPSA) is 85.1 Å². The molecule has 0 amide bonds. The monoisotopic (exact) mass is 313 g/mol. The van der Waals surface area contributed by atoms with Gasteiger partial charge in [0.2, 0.25) is 0 Å². The molecule has 22 heavy (non-hydrogen) atoms. The van der Waals surface area contributed by atoms with E-state index in [2.05, 4.69) is 16.3 Å². The SMILES string of the molecule is N#Cc1ccc(OCCSc2nnc(-c3ccco3)o2)cc1. The normalized spacial score (nSPS) is 10.3. The molecule has 0 saturated heterocycles. The van der Waals surface area contributed by atoms with E-state index in [0.29, 0.717) is 34.8 Å². The van der Waals surface area contributed by atoms with E-state index in [0.717, 1.165) is 5.75 Å². The molecule has 0 atom stereocenters. The van der Waals surface area contributed by atoms with Gasteiger partial charge in [0.15, 0.2) is 5.76 Å². The molecule has 110 valence electrons. The molecule has 0 saturated carbocycles. The van der Waals surface area contributed by atoms with Gasteiger partial charge in [0, 0.05) is 5.75 Å². The predicted octanol–water partition coefficient (Wildman–Crippen LogP) is 3.37. The summed E-state index contributed by atoms with van der Waals surface area (Å²) in [5, 5.41) is 17.0. The molecule has 3 rings (SSSR count). The minimum atomic E-state index is 0.362. The number of rotatable bonds is 6. The molecule has 1 aromatic carbocycles. The first kappa shape index (κ1) is 14.2. The zero-order chi connectivity index (χ0) is 15.2. The van der Waals surface area contributed by atoms with Crippen molar-refractivity contribution in [2.45, 2.75) is 5.22 Å². The lowest BCUT2D eigenvalue weighted by molar-refractivity contribution is 0.343. The van der Waals surface area contributed by atoms with E-state index in [9.17, 15) is 0 Å². The lowest BCUT2D eigenvalue weighted by atomic mass is 10.2. The number of hydrogen-bond donors (Lipinski definition) is 0. The number of ether oxygens (including phenoxy) is 1. The van der Waals surface area contributed by atoms with Gasteiger partial charge in [0.1, 0.15) is 5.75 Å². The summed E-state index contributed by atoms with van der Waals surface area (Å²) in [6.07, 6.45) is 1.55. The molecule has 0 aliphatic carbocycles. The molecular formula is C15H11N3O3S. The number of nitriles is 1. The second-order valence-corrected chi connectivity index (χ2v) is 5.23.